The maximum Gasteiger partial charge on any atom is 0.273 e. The summed E-state index contributed by atoms with van der Waals surface area (Å²) in [6, 6.07) is 10.2. The van der Waals surface area contributed by atoms with Gasteiger partial charge in [0.15, 0.2) is 5.69 Å². The van der Waals surface area contributed by atoms with Gasteiger partial charge in [0.1, 0.15) is 5.76 Å². The molecule has 2 aliphatic rings. The number of nitrogens with one attached hydrogen (secondary N) is 2. The van der Waals surface area contributed by atoms with Crippen LogP contribution in [0.25, 0.3) is 0 Å². The zero-order chi connectivity index (χ0) is 20.1. The van der Waals surface area contributed by atoms with Crippen molar-refractivity contribution < 1.29 is 14.1 Å². The Kier molecular flexibility index (Phi) is 6.62. The van der Waals surface area contributed by atoms with Gasteiger partial charge in [0.2, 0.25) is 0 Å². The highest BCUT2D eigenvalue weighted by Crippen LogP contribution is 2.40. The number of rotatable bonds is 9. The molecular formula is C23H31N3O3. The fraction of sp³-hybridized carbons (Fsp3) is 0.565. The molecule has 1 saturated carbocycles. The molecule has 0 radical (unpaired) electrons. The lowest BCUT2D eigenvalue weighted by Gasteiger charge is -2.31. The Morgan fingerprint density at radius 3 is 2.86 bits per heavy atom. The SMILES string of the molecule is CCCOCc1cccc(C(NC(=O)c2cc(C3CC3)on2)C2CCNCC2)c1. The molecule has 1 unspecified atom stereocenters. The number of nitrogens with zero attached hydrogens (tertiary/aromatic N) is 1. The molecule has 1 aliphatic heterocycles. The van der Waals surface area contributed by atoms with Gasteiger partial charge in [-0.05, 0) is 62.2 Å². The molecular weight excluding hydrogens is 366 g/mol. The third-order valence-corrected chi connectivity index (χ3v) is 5.81. The van der Waals surface area contributed by atoms with Crippen LogP contribution in [0.5, 0.6) is 0 Å². The molecule has 0 spiro atoms. The van der Waals surface area contributed by atoms with E-state index in [1.165, 1.54) is 0 Å². The van der Waals surface area contributed by atoms with E-state index in [2.05, 4.69) is 47.0 Å². The van der Waals surface area contributed by atoms with Crippen LogP contribution < -0.4 is 10.6 Å². The highest BCUT2D eigenvalue weighted by atomic mass is 16.5. The summed E-state index contributed by atoms with van der Waals surface area (Å²) in [5.74, 6) is 1.52. The predicted molar refractivity (Wildman–Crippen MR) is 111 cm³/mol. The molecule has 1 aromatic heterocycles. The predicted octanol–water partition coefficient (Wildman–Crippen LogP) is 3.95. The van der Waals surface area contributed by atoms with E-state index >= 15 is 0 Å². The van der Waals surface area contributed by atoms with Crippen molar-refractivity contribution in [3.8, 4) is 0 Å². The summed E-state index contributed by atoms with van der Waals surface area (Å²) in [4.78, 5) is 12.9. The molecule has 1 aliphatic carbocycles. The molecule has 2 N–H and O–H groups in total. The van der Waals surface area contributed by atoms with Crippen LogP contribution in [0.1, 0.15) is 78.4 Å². The number of hydrogen-bond donors (Lipinski definition) is 2. The van der Waals surface area contributed by atoms with Crippen LogP contribution >= 0.6 is 0 Å². The van der Waals surface area contributed by atoms with E-state index in [1.807, 2.05) is 6.07 Å². The van der Waals surface area contributed by atoms with Crippen molar-refractivity contribution in [3.05, 3.63) is 52.9 Å². The monoisotopic (exact) mass is 397 g/mol. The molecule has 156 valence electrons. The van der Waals surface area contributed by atoms with Crippen molar-refractivity contribution >= 4 is 5.91 Å². The van der Waals surface area contributed by atoms with Crippen LogP contribution in [0.3, 0.4) is 0 Å². The average Bonchev–Trinajstić information content (AvgIpc) is 3.49. The average molecular weight is 398 g/mol. The first-order valence-electron chi connectivity index (χ1n) is 10.9. The molecule has 4 rings (SSSR count). The van der Waals surface area contributed by atoms with Crippen molar-refractivity contribution in [3.63, 3.8) is 0 Å². The first kappa shape index (κ1) is 20.1. The minimum absolute atomic E-state index is 0.0446. The lowest BCUT2D eigenvalue weighted by Crippen LogP contribution is -2.39. The van der Waals surface area contributed by atoms with E-state index < -0.39 is 0 Å². The summed E-state index contributed by atoms with van der Waals surface area (Å²) in [7, 11) is 0. The minimum atomic E-state index is -0.156. The van der Waals surface area contributed by atoms with E-state index in [1.54, 1.807) is 0 Å². The number of carbonyl (C=O) groups is 1. The topological polar surface area (TPSA) is 76.4 Å². The smallest absolute Gasteiger partial charge is 0.273 e. The molecule has 29 heavy (non-hydrogen) atoms. The van der Waals surface area contributed by atoms with Crippen LogP contribution in [0.4, 0.5) is 0 Å². The van der Waals surface area contributed by atoms with E-state index in [-0.39, 0.29) is 11.9 Å². The molecule has 2 fully saturated rings. The van der Waals surface area contributed by atoms with E-state index in [0.717, 1.165) is 68.7 Å². The van der Waals surface area contributed by atoms with Gasteiger partial charge < -0.3 is 19.9 Å². The van der Waals surface area contributed by atoms with Crippen LogP contribution in [-0.2, 0) is 11.3 Å². The van der Waals surface area contributed by atoms with Crippen molar-refractivity contribution in [2.45, 2.75) is 57.6 Å². The Hall–Kier alpha value is -2.18. The highest BCUT2D eigenvalue weighted by molar-refractivity contribution is 5.92. The zero-order valence-corrected chi connectivity index (χ0v) is 17.2. The third-order valence-electron chi connectivity index (χ3n) is 5.81. The van der Waals surface area contributed by atoms with Crippen LogP contribution in [-0.4, -0.2) is 30.8 Å². The number of aromatic nitrogens is 1. The molecule has 6 heteroatoms. The summed E-state index contributed by atoms with van der Waals surface area (Å²) in [5.41, 5.74) is 2.66. The number of piperidine rings is 1. The first-order chi connectivity index (χ1) is 14.2. The molecule has 0 bridgehead atoms. The van der Waals surface area contributed by atoms with Crippen LogP contribution in [0.2, 0.25) is 0 Å². The van der Waals surface area contributed by atoms with Gasteiger partial charge in [0.05, 0.1) is 12.6 Å². The van der Waals surface area contributed by atoms with E-state index in [4.69, 9.17) is 9.26 Å². The fourth-order valence-corrected chi connectivity index (χ4v) is 4.03. The molecule has 1 saturated heterocycles. The highest BCUT2D eigenvalue weighted by Gasteiger charge is 2.31. The second-order valence-corrected chi connectivity index (χ2v) is 8.22. The minimum Gasteiger partial charge on any atom is -0.377 e. The zero-order valence-electron chi connectivity index (χ0n) is 17.2. The Morgan fingerprint density at radius 2 is 2.10 bits per heavy atom. The molecule has 2 aromatic rings. The Bertz CT molecular complexity index is 809. The van der Waals surface area contributed by atoms with Gasteiger partial charge >= 0.3 is 0 Å². The maximum absolute atomic E-state index is 12.9. The summed E-state index contributed by atoms with van der Waals surface area (Å²) < 4.78 is 11.1. The number of hydrogen-bond acceptors (Lipinski definition) is 5. The molecule has 1 amide bonds. The number of ether oxygens (including phenoxy) is 1. The van der Waals surface area contributed by atoms with Gasteiger partial charge in [0, 0.05) is 18.6 Å². The van der Waals surface area contributed by atoms with Crippen molar-refractivity contribution in [2.75, 3.05) is 19.7 Å². The van der Waals surface area contributed by atoms with Gasteiger partial charge in [0.25, 0.3) is 5.91 Å². The third kappa shape index (κ3) is 5.25. The second kappa shape index (κ2) is 9.55. The number of benzene rings is 1. The Morgan fingerprint density at radius 1 is 1.28 bits per heavy atom. The fourth-order valence-electron chi connectivity index (χ4n) is 4.03. The first-order valence-corrected chi connectivity index (χ1v) is 10.9. The Labute approximate surface area is 172 Å². The normalized spacial score (nSPS) is 18.5. The maximum atomic E-state index is 12.9. The van der Waals surface area contributed by atoms with Crippen LogP contribution in [0, 0.1) is 5.92 Å². The summed E-state index contributed by atoms with van der Waals surface area (Å²) in [5, 5.41) is 10.7. The van der Waals surface area contributed by atoms with Gasteiger partial charge in [-0.25, -0.2) is 0 Å². The largest absolute Gasteiger partial charge is 0.377 e. The summed E-state index contributed by atoms with van der Waals surface area (Å²) in [6.45, 7) is 5.42. The number of carbonyl (C=O) groups excluding carboxylic acids is 1. The summed E-state index contributed by atoms with van der Waals surface area (Å²) >= 11 is 0. The number of amides is 1. The lowest BCUT2D eigenvalue weighted by molar-refractivity contribution is 0.0904. The van der Waals surface area contributed by atoms with Gasteiger partial charge in [-0.1, -0.05) is 36.3 Å². The van der Waals surface area contributed by atoms with Crippen molar-refractivity contribution in [1.29, 1.82) is 0 Å². The van der Waals surface area contributed by atoms with Crippen LogP contribution in [0.15, 0.2) is 34.9 Å². The standard InChI is InChI=1S/C23H31N3O3/c1-2-12-28-15-16-4-3-5-19(13-16)22(18-8-10-24-11-9-18)25-23(27)20-14-21(29-26-20)17-6-7-17/h3-5,13-14,17-18,22,24H,2,6-12,15H2,1H3,(H,25,27). The van der Waals surface area contributed by atoms with E-state index in [0.29, 0.717) is 24.1 Å². The Balaban J connectivity index is 1.51. The quantitative estimate of drug-likeness (QED) is 0.627. The second-order valence-electron chi connectivity index (χ2n) is 8.22. The molecule has 1 atom stereocenters. The lowest BCUT2D eigenvalue weighted by atomic mass is 9.85. The van der Waals surface area contributed by atoms with Gasteiger partial charge in [-0.15, -0.1) is 0 Å². The molecule has 2 heterocycles. The molecule has 1 aromatic carbocycles. The van der Waals surface area contributed by atoms with Crippen molar-refractivity contribution in [2.24, 2.45) is 5.92 Å². The van der Waals surface area contributed by atoms with Gasteiger partial charge in [-0.3, -0.25) is 4.79 Å². The van der Waals surface area contributed by atoms with E-state index in [9.17, 15) is 4.79 Å². The van der Waals surface area contributed by atoms with Gasteiger partial charge in [-0.2, -0.15) is 0 Å². The van der Waals surface area contributed by atoms with Crippen molar-refractivity contribution in [1.82, 2.24) is 15.8 Å². The molecule has 6 nitrogen and oxygen atoms in total. The summed E-state index contributed by atoms with van der Waals surface area (Å²) in [6.07, 6.45) is 5.33.